The van der Waals surface area contributed by atoms with Crippen LogP contribution in [0.5, 0.6) is 0 Å². The Morgan fingerprint density at radius 2 is 2.35 bits per heavy atom. The number of hydrogen-bond donors (Lipinski definition) is 2. The minimum atomic E-state index is -0.503. The average Bonchev–Trinajstić information content (AvgIpc) is 2.61. The molecule has 0 spiro atoms. The maximum atomic E-state index is 11.5. The van der Waals surface area contributed by atoms with Crippen LogP contribution < -0.4 is 5.73 Å². The van der Waals surface area contributed by atoms with Gasteiger partial charge in [0.25, 0.3) is 0 Å². The number of aliphatic hydroxyl groups is 1. The molecule has 0 aliphatic heterocycles. The zero-order valence-electron chi connectivity index (χ0n) is 10.2. The van der Waals surface area contributed by atoms with Gasteiger partial charge in [0.1, 0.15) is 11.4 Å². The van der Waals surface area contributed by atoms with E-state index in [1.54, 1.807) is 6.92 Å². The maximum absolute atomic E-state index is 11.5. The van der Waals surface area contributed by atoms with Crippen LogP contribution in [-0.2, 0) is 11.3 Å². The fourth-order valence-corrected chi connectivity index (χ4v) is 1.53. The molecule has 0 saturated carbocycles. The van der Waals surface area contributed by atoms with E-state index in [1.165, 1.54) is 10.9 Å². The summed E-state index contributed by atoms with van der Waals surface area (Å²) in [5, 5.41) is 13.6. The van der Waals surface area contributed by atoms with Crippen LogP contribution >= 0.6 is 0 Å². The number of carbonyl (C=O) groups excluding carboxylic acids is 1. The van der Waals surface area contributed by atoms with Crippen molar-refractivity contribution in [2.24, 2.45) is 0 Å². The van der Waals surface area contributed by atoms with E-state index >= 15 is 0 Å². The molecule has 0 amide bonds. The zero-order chi connectivity index (χ0) is 12.8. The molecule has 96 valence electrons. The molecule has 1 atom stereocenters. The minimum absolute atomic E-state index is 0.235. The van der Waals surface area contributed by atoms with Crippen molar-refractivity contribution in [1.29, 1.82) is 0 Å². The van der Waals surface area contributed by atoms with Crippen LogP contribution in [-0.4, -0.2) is 33.6 Å². The molecule has 0 aromatic carbocycles. The van der Waals surface area contributed by atoms with Gasteiger partial charge in [0, 0.05) is 0 Å². The summed E-state index contributed by atoms with van der Waals surface area (Å²) in [5.41, 5.74) is 6.01. The van der Waals surface area contributed by atoms with Crippen molar-refractivity contribution >= 4 is 11.8 Å². The molecule has 0 fully saturated rings. The number of nitrogen functional groups attached to an aromatic ring is 1. The number of esters is 1. The Balaban J connectivity index is 2.73. The molecule has 6 heteroatoms. The first kappa shape index (κ1) is 13.5. The molecule has 1 aromatic rings. The van der Waals surface area contributed by atoms with Gasteiger partial charge in [0.15, 0.2) is 0 Å². The van der Waals surface area contributed by atoms with Gasteiger partial charge in [-0.3, -0.25) is 0 Å². The van der Waals surface area contributed by atoms with Gasteiger partial charge in [-0.1, -0.05) is 13.3 Å². The Hall–Kier alpha value is -1.56. The van der Waals surface area contributed by atoms with Gasteiger partial charge in [0.05, 0.1) is 25.5 Å². The van der Waals surface area contributed by atoms with Crippen molar-refractivity contribution in [3.63, 3.8) is 0 Å². The fraction of sp³-hybridized carbons (Fsp3) is 0.636. The van der Waals surface area contributed by atoms with Crippen LogP contribution in [0.25, 0.3) is 0 Å². The largest absolute Gasteiger partial charge is 0.462 e. The lowest BCUT2D eigenvalue weighted by Crippen LogP contribution is -2.18. The Morgan fingerprint density at radius 3 is 2.94 bits per heavy atom. The predicted molar refractivity (Wildman–Crippen MR) is 63.5 cm³/mol. The minimum Gasteiger partial charge on any atom is -0.462 e. The van der Waals surface area contributed by atoms with Crippen LogP contribution in [0.4, 0.5) is 5.82 Å². The number of aliphatic hydroxyl groups excluding tert-OH is 1. The third-order valence-corrected chi connectivity index (χ3v) is 2.38. The summed E-state index contributed by atoms with van der Waals surface area (Å²) in [5.74, 6) is -0.250. The van der Waals surface area contributed by atoms with E-state index < -0.39 is 12.1 Å². The standard InChI is InChI=1S/C11H19N3O3/c1-3-5-8(15)7-14-10(12)9(6-13-14)11(16)17-4-2/h6,8,15H,3-5,7,12H2,1-2H3. The Morgan fingerprint density at radius 1 is 1.65 bits per heavy atom. The first-order valence-corrected chi connectivity index (χ1v) is 5.76. The second-order valence-electron chi connectivity index (χ2n) is 3.79. The molecular weight excluding hydrogens is 222 g/mol. The molecular formula is C11H19N3O3. The second-order valence-corrected chi connectivity index (χ2v) is 3.79. The first-order valence-electron chi connectivity index (χ1n) is 5.76. The molecule has 1 unspecified atom stereocenters. The van der Waals surface area contributed by atoms with Crippen LogP contribution in [0.3, 0.4) is 0 Å². The second kappa shape index (κ2) is 6.24. The normalized spacial score (nSPS) is 12.4. The van der Waals surface area contributed by atoms with Crippen molar-refractivity contribution in [3.05, 3.63) is 11.8 Å². The number of nitrogens with zero attached hydrogens (tertiary/aromatic N) is 2. The van der Waals surface area contributed by atoms with Gasteiger partial charge >= 0.3 is 5.97 Å². The molecule has 6 nitrogen and oxygen atoms in total. The molecule has 1 aromatic heterocycles. The molecule has 0 aliphatic carbocycles. The van der Waals surface area contributed by atoms with Crippen molar-refractivity contribution < 1.29 is 14.6 Å². The molecule has 3 N–H and O–H groups in total. The van der Waals surface area contributed by atoms with Crippen LogP contribution in [0.1, 0.15) is 37.0 Å². The van der Waals surface area contributed by atoms with Crippen LogP contribution in [0.15, 0.2) is 6.20 Å². The van der Waals surface area contributed by atoms with Crippen molar-refractivity contribution in [2.75, 3.05) is 12.3 Å². The summed E-state index contributed by atoms with van der Waals surface area (Å²) >= 11 is 0. The van der Waals surface area contributed by atoms with E-state index in [1.807, 2.05) is 6.92 Å². The fourth-order valence-electron chi connectivity index (χ4n) is 1.53. The lowest BCUT2D eigenvalue weighted by atomic mass is 10.2. The lowest BCUT2D eigenvalue weighted by molar-refractivity contribution is 0.0527. The van der Waals surface area contributed by atoms with Crippen LogP contribution in [0.2, 0.25) is 0 Å². The molecule has 1 heterocycles. The van der Waals surface area contributed by atoms with Gasteiger partial charge in [-0.15, -0.1) is 0 Å². The van der Waals surface area contributed by atoms with Gasteiger partial charge in [-0.25, -0.2) is 9.48 Å². The highest BCUT2D eigenvalue weighted by molar-refractivity contribution is 5.93. The number of nitrogens with two attached hydrogens (primary N) is 1. The third kappa shape index (κ3) is 3.45. The van der Waals surface area contributed by atoms with E-state index in [0.717, 1.165) is 6.42 Å². The summed E-state index contributed by atoms with van der Waals surface area (Å²) in [6, 6.07) is 0. The smallest absolute Gasteiger partial charge is 0.343 e. The predicted octanol–water partition coefficient (Wildman–Crippen LogP) is 0.803. The molecule has 0 bridgehead atoms. The summed E-state index contributed by atoms with van der Waals surface area (Å²) in [6.45, 7) is 4.30. The van der Waals surface area contributed by atoms with Crippen molar-refractivity contribution in [1.82, 2.24) is 9.78 Å². The summed E-state index contributed by atoms with van der Waals surface area (Å²) in [4.78, 5) is 11.5. The number of hydrogen-bond acceptors (Lipinski definition) is 5. The van der Waals surface area contributed by atoms with E-state index in [-0.39, 0.29) is 11.4 Å². The summed E-state index contributed by atoms with van der Waals surface area (Å²) in [6.07, 6.45) is 2.42. The van der Waals surface area contributed by atoms with E-state index in [2.05, 4.69) is 5.10 Å². The highest BCUT2D eigenvalue weighted by Crippen LogP contribution is 2.13. The van der Waals surface area contributed by atoms with Gasteiger partial charge in [-0.05, 0) is 13.3 Å². The lowest BCUT2D eigenvalue weighted by Gasteiger charge is -2.10. The van der Waals surface area contributed by atoms with E-state index in [4.69, 9.17) is 10.5 Å². The monoisotopic (exact) mass is 241 g/mol. The highest BCUT2D eigenvalue weighted by Gasteiger charge is 2.17. The zero-order valence-corrected chi connectivity index (χ0v) is 10.2. The number of rotatable bonds is 6. The SMILES string of the molecule is CCCC(O)Cn1ncc(C(=O)OCC)c1N. The van der Waals surface area contributed by atoms with Crippen molar-refractivity contribution in [3.8, 4) is 0 Å². The van der Waals surface area contributed by atoms with E-state index in [9.17, 15) is 9.90 Å². The Kier molecular flexibility index (Phi) is 4.96. The first-order chi connectivity index (χ1) is 8.10. The molecule has 0 aliphatic rings. The highest BCUT2D eigenvalue weighted by atomic mass is 16.5. The topological polar surface area (TPSA) is 90.4 Å². The quantitative estimate of drug-likeness (QED) is 0.719. The van der Waals surface area contributed by atoms with Crippen molar-refractivity contribution in [2.45, 2.75) is 39.3 Å². The third-order valence-electron chi connectivity index (χ3n) is 2.38. The Bertz CT molecular complexity index is 376. The number of anilines is 1. The molecule has 0 saturated heterocycles. The van der Waals surface area contributed by atoms with E-state index in [0.29, 0.717) is 19.6 Å². The molecule has 17 heavy (non-hydrogen) atoms. The van der Waals surface area contributed by atoms with Gasteiger partial charge in [-0.2, -0.15) is 5.10 Å². The molecule has 0 radical (unpaired) electrons. The summed E-state index contributed by atoms with van der Waals surface area (Å²) in [7, 11) is 0. The number of aromatic nitrogens is 2. The molecule has 1 rings (SSSR count). The van der Waals surface area contributed by atoms with Crippen LogP contribution in [0, 0.1) is 0 Å². The summed E-state index contributed by atoms with van der Waals surface area (Å²) < 4.78 is 6.26. The average molecular weight is 241 g/mol. The Labute approximate surface area is 100 Å². The van der Waals surface area contributed by atoms with Gasteiger partial charge in [0.2, 0.25) is 0 Å². The van der Waals surface area contributed by atoms with Gasteiger partial charge < -0.3 is 15.6 Å². The number of carbonyl (C=O) groups is 1. The maximum Gasteiger partial charge on any atom is 0.343 e. The number of ether oxygens (including phenoxy) is 1.